The number of amides is 1. The summed E-state index contributed by atoms with van der Waals surface area (Å²) in [5.41, 5.74) is 3.47. The SMILES string of the molecule is CC(C)c1ccc(C[NH+](CC(=O)Nc2cc(Cl)ccc2C#N)C2CC2)cc1. The molecule has 1 amide bonds. The van der Waals surface area contributed by atoms with E-state index in [-0.39, 0.29) is 5.91 Å². The van der Waals surface area contributed by atoms with E-state index in [1.54, 1.807) is 18.2 Å². The van der Waals surface area contributed by atoms with Gasteiger partial charge in [0.05, 0.1) is 17.3 Å². The quantitative estimate of drug-likeness (QED) is 0.769. The lowest BCUT2D eigenvalue weighted by Gasteiger charge is -2.19. The zero-order valence-electron chi connectivity index (χ0n) is 15.8. The molecule has 4 nitrogen and oxygen atoms in total. The second-order valence-corrected chi connectivity index (χ2v) is 7.97. The summed E-state index contributed by atoms with van der Waals surface area (Å²) in [6, 6.07) is 16.2. The van der Waals surface area contributed by atoms with Crippen molar-refractivity contribution in [1.29, 1.82) is 5.26 Å². The van der Waals surface area contributed by atoms with E-state index in [0.717, 1.165) is 19.4 Å². The molecular formula is C22H25ClN3O+. The fourth-order valence-electron chi connectivity index (χ4n) is 3.24. The van der Waals surface area contributed by atoms with Crippen molar-refractivity contribution < 1.29 is 9.69 Å². The number of rotatable bonds is 7. The zero-order valence-corrected chi connectivity index (χ0v) is 16.5. The van der Waals surface area contributed by atoms with Crippen LogP contribution in [0.5, 0.6) is 0 Å². The molecule has 0 bridgehead atoms. The highest BCUT2D eigenvalue weighted by atomic mass is 35.5. The van der Waals surface area contributed by atoms with Gasteiger partial charge in [-0.2, -0.15) is 5.26 Å². The Morgan fingerprint density at radius 2 is 1.96 bits per heavy atom. The molecule has 0 saturated heterocycles. The maximum atomic E-state index is 12.6. The maximum absolute atomic E-state index is 12.6. The molecule has 2 aromatic carbocycles. The van der Waals surface area contributed by atoms with Crippen LogP contribution in [0.1, 0.15) is 49.3 Å². The summed E-state index contributed by atoms with van der Waals surface area (Å²) in [6.07, 6.45) is 2.32. The molecule has 2 N–H and O–H groups in total. The Hall–Kier alpha value is -2.35. The number of nitrogens with one attached hydrogen (secondary N) is 2. The summed E-state index contributed by atoms with van der Waals surface area (Å²) in [5.74, 6) is 0.429. The van der Waals surface area contributed by atoms with Gasteiger partial charge >= 0.3 is 0 Å². The van der Waals surface area contributed by atoms with Gasteiger partial charge in [-0.15, -0.1) is 0 Å². The van der Waals surface area contributed by atoms with Crippen molar-refractivity contribution in [2.75, 3.05) is 11.9 Å². The number of benzene rings is 2. The van der Waals surface area contributed by atoms with Crippen LogP contribution < -0.4 is 10.2 Å². The Morgan fingerprint density at radius 1 is 1.26 bits per heavy atom. The number of halogens is 1. The first-order valence-corrected chi connectivity index (χ1v) is 9.77. The van der Waals surface area contributed by atoms with Gasteiger partial charge in [0.2, 0.25) is 0 Å². The van der Waals surface area contributed by atoms with Gasteiger partial charge in [-0.1, -0.05) is 49.7 Å². The average molecular weight is 383 g/mol. The van der Waals surface area contributed by atoms with E-state index in [9.17, 15) is 10.1 Å². The van der Waals surface area contributed by atoms with Gasteiger partial charge in [-0.25, -0.2) is 0 Å². The molecule has 1 saturated carbocycles. The van der Waals surface area contributed by atoms with E-state index >= 15 is 0 Å². The fraction of sp³-hybridized carbons (Fsp3) is 0.364. The van der Waals surface area contributed by atoms with Crippen LogP contribution in [0.3, 0.4) is 0 Å². The van der Waals surface area contributed by atoms with E-state index in [1.807, 2.05) is 0 Å². The molecule has 0 aromatic heterocycles. The highest BCUT2D eigenvalue weighted by Gasteiger charge is 2.34. The first kappa shape index (κ1) is 19.4. The maximum Gasteiger partial charge on any atom is 0.279 e. The van der Waals surface area contributed by atoms with Crippen LogP contribution in [0, 0.1) is 11.3 Å². The van der Waals surface area contributed by atoms with E-state index in [1.165, 1.54) is 16.0 Å². The minimum Gasteiger partial charge on any atom is -0.321 e. The Kier molecular flexibility index (Phi) is 6.15. The largest absolute Gasteiger partial charge is 0.321 e. The molecule has 0 spiro atoms. The predicted molar refractivity (Wildman–Crippen MR) is 108 cm³/mol. The number of hydrogen-bond acceptors (Lipinski definition) is 2. The molecule has 1 atom stereocenters. The van der Waals surface area contributed by atoms with E-state index in [2.05, 4.69) is 49.5 Å². The molecule has 1 aliphatic rings. The minimum atomic E-state index is -0.0885. The third kappa shape index (κ3) is 5.32. The van der Waals surface area contributed by atoms with Crippen molar-refractivity contribution >= 4 is 23.2 Å². The Morgan fingerprint density at radius 3 is 2.56 bits per heavy atom. The molecule has 0 heterocycles. The monoisotopic (exact) mass is 382 g/mol. The van der Waals surface area contributed by atoms with Gasteiger partial charge in [0, 0.05) is 23.4 Å². The van der Waals surface area contributed by atoms with E-state index in [4.69, 9.17) is 11.6 Å². The minimum absolute atomic E-state index is 0.0885. The number of carbonyl (C=O) groups excluding carboxylic acids is 1. The van der Waals surface area contributed by atoms with Crippen molar-refractivity contribution in [2.45, 2.75) is 45.2 Å². The van der Waals surface area contributed by atoms with Gasteiger partial charge in [0.25, 0.3) is 5.91 Å². The Bertz CT molecular complexity index is 851. The second kappa shape index (κ2) is 8.56. The van der Waals surface area contributed by atoms with Crippen LogP contribution in [0.4, 0.5) is 5.69 Å². The molecule has 5 heteroatoms. The van der Waals surface area contributed by atoms with E-state index < -0.39 is 0 Å². The van der Waals surface area contributed by atoms with Crippen LogP contribution in [-0.2, 0) is 11.3 Å². The number of nitrogens with zero attached hydrogens (tertiary/aromatic N) is 1. The highest BCUT2D eigenvalue weighted by Crippen LogP contribution is 2.20. The normalized spacial score (nSPS) is 14.6. The first-order chi connectivity index (χ1) is 13.0. The summed E-state index contributed by atoms with van der Waals surface area (Å²) in [5, 5.41) is 12.6. The van der Waals surface area contributed by atoms with Gasteiger partial charge in [0.15, 0.2) is 6.54 Å². The molecule has 2 aromatic rings. The van der Waals surface area contributed by atoms with Crippen molar-refractivity contribution in [2.24, 2.45) is 0 Å². The third-order valence-corrected chi connectivity index (χ3v) is 5.23. The standard InChI is InChI=1S/C22H24ClN3O/c1-15(2)17-5-3-16(4-6-17)13-26(20-9-10-20)14-22(27)25-21-11-19(23)8-7-18(21)12-24/h3-8,11,15,20H,9-10,13-14H2,1-2H3,(H,25,27)/p+1. The number of carbonyl (C=O) groups is 1. The summed E-state index contributed by atoms with van der Waals surface area (Å²) in [7, 11) is 0. The van der Waals surface area contributed by atoms with Crippen LogP contribution in [0.25, 0.3) is 0 Å². The van der Waals surface area contributed by atoms with E-state index in [0.29, 0.717) is 34.8 Å². The molecule has 140 valence electrons. The Labute approximate surface area is 165 Å². The molecule has 1 aliphatic carbocycles. The highest BCUT2D eigenvalue weighted by molar-refractivity contribution is 6.31. The van der Waals surface area contributed by atoms with Crippen LogP contribution >= 0.6 is 11.6 Å². The number of anilines is 1. The van der Waals surface area contributed by atoms with Crippen LogP contribution in [0.15, 0.2) is 42.5 Å². The summed E-state index contributed by atoms with van der Waals surface area (Å²) in [6.45, 7) is 5.59. The predicted octanol–water partition coefficient (Wildman–Crippen LogP) is 3.52. The molecule has 0 aliphatic heterocycles. The molecule has 0 radical (unpaired) electrons. The topological polar surface area (TPSA) is 57.3 Å². The lowest BCUT2D eigenvalue weighted by molar-refractivity contribution is -0.916. The number of hydrogen-bond donors (Lipinski definition) is 2. The van der Waals surface area contributed by atoms with Gasteiger partial charge in [-0.3, -0.25) is 4.79 Å². The smallest absolute Gasteiger partial charge is 0.279 e. The summed E-state index contributed by atoms with van der Waals surface area (Å²) in [4.78, 5) is 13.9. The fourth-order valence-corrected chi connectivity index (χ4v) is 3.42. The third-order valence-electron chi connectivity index (χ3n) is 5.00. The van der Waals surface area contributed by atoms with Crippen molar-refractivity contribution in [3.63, 3.8) is 0 Å². The van der Waals surface area contributed by atoms with Crippen molar-refractivity contribution in [3.05, 3.63) is 64.2 Å². The average Bonchev–Trinajstić information content (AvgIpc) is 3.47. The molecule has 1 unspecified atom stereocenters. The van der Waals surface area contributed by atoms with Crippen LogP contribution in [0.2, 0.25) is 5.02 Å². The summed E-state index contributed by atoms with van der Waals surface area (Å²) >= 11 is 6.00. The molecule has 1 fully saturated rings. The lowest BCUT2D eigenvalue weighted by Crippen LogP contribution is -3.13. The van der Waals surface area contributed by atoms with Crippen molar-refractivity contribution in [3.8, 4) is 6.07 Å². The van der Waals surface area contributed by atoms with Gasteiger partial charge < -0.3 is 10.2 Å². The van der Waals surface area contributed by atoms with Gasteiger partial charge in [-0.05, 0) is 29.7 Å². The first-order valence-electron chi connectivity index (χ1n) is 9.39. The zero-order chi connectivity index (χ0) is 19.4. The molecular weight excluding hydrogens is 358 g/mol. The second-order valence-electron chi connectivity index (χ2n) is 7.53. The number of quaternary nitrogens is 1. The van der Waals surface area contributed by atoms with Gasteiger partial charge in [0.1, 0.15) is 12.6 Å². The number of nitriles is 1. The van der Waals surface area contributed by atoms with Crippen LogP contribution in [-0.4, -0.2) is 18.5 Å². The Balaban J connectivity index is 1.65. The van der Waals surface area contributed by atoms with Crippen molar-refractivity contribution in [1.82, 2.24) is 0 Å². The molecule has 3 rings (SSSR count). The lowest BCUT2D eigenvalue weighted by atomic mass is 10.0. The summed E-state index contributed by atoms with van der Waals surface area (Å²) < 4.78 is 0. The molecule has 27 heavy (non-hydrogen) atoms.